The third kappa shape index (κ3) is 4.30. The van der Waals surface area contributed by atoms with E-state index in [0.717, 1.165) is 12.8 Å². The maximum Gasteiger partial charge on any atom is 0.243 e. The summed E-state index contributed by atoms with van der Waals surface area (Å²) in [5.41, 5.74) is 1.21. The molecule has 11 heteroatoms. The van der Waals surface area contributed by atoms with E-state index >= 15 is 0 Å². The number of ketones is 1. The average molecular weight is 501 g/mol. The van der Waals surface area contributed by atoms with Crippen molar-refractivity contribution in [2.24, 2.45) is 0 Å². The molecule has 178 valence electrons. The lowest BCUT2D eigenvalue weighted by Crippen LogP contribution is -2.27. The largest absolute Gasteiger partial charge is 0.454 e. The second-order valence-electron chi connectivity index (χ2n) is 7.97. The molecule has 5 rings (SSSR count). The van der Waals surface area contributed by atoms with Crippen molar-refractivity contribution in [1.82, 2.24) is 19.1 Å². The summed E-state index contributed by atoms with van der Waals surface area (Å²) in [5.74, 6) is 1.89. The smallest absolute Gasteiger partial charge is 0.243 e. The highest BCUT2D eigenvalue weighted by atomic mass is 32.2. The number of aromatic nitrogens is 3. The van der Waals surface area contributed by atoms with Crippen molar-refractivity contribution in [3.8, 4) is 22.9 Å². The second kappa shape index (κ2) is 9.40. The van der Waals surface area contributed by atoms with Crippen LogP contribution in [0.2, 0.25) is 0 Å². The molecule has 2 aliphatic rings. The van der Waals surface area contributed by atoms with Gasteiger partial charge in [0.1, 0.15) is 0 Å². The number of nitrogens with zero attached hydrogens (tertiary/aromatic N) is 4. The first kappa shape index (κ1) is 22.9. The van der Waals surface area contributed by atoms with E-state index in [1.807, 2.05) is 17.6 Å². The number of thioether (sulfide) groups is 1. The van der Waals surface area contributed by atoms with Crippen LogP contribution in [0.15, 0.2) is 52.5 Å². The zero-order valence-electron chi connectivity index (χ0n) is 18.6. The summed E-state index contributed by atoms with van der Waals surface area (Å²) in [6.45, 7) is 3.80. The Morgan fingerprint density at radius 2 is 1.85 bits per heavy atom. The van der Waals surface area contributed by atoms with Gasteiger partial charge in [-0.3, -0.25) is 4.79 Å². The van der Waals surface area contributed by atoms with Gasteiger partial charge >= 0.3 is 0 Å². The van der Waals surface area contributed by atoms with Crippen molar-refractivity contribution in [2.45, 2.75) is 36.4 Å². The van der Waals surface area contributed by atoms with Crippen LogP contribution in [0, 0.1) is 0 Å². The van der Waals surface area contributed by atoms with Crippen LogP contribution < -0.4 is 9.47 Å². The highest BCUT2D eigenvalue weighted by molar-refractivity contribution is 7.99. The fourth-order valence-electron chi connectivity index (χ4n) is 4.05. The summed E-state index contributed by atoms with van der Waals surface area (Å²) in [4.78, 5) is 13.0. The van der Waals surface area contributed by atoms with Crippen molar-refractivity contribution >= 4 is 27.6 Å². The lowest BCUT2D eigenvalue weighted by atomic mass is 10.1. The molecule has 1 saturated heterocycles. The van der Waals surface area contributed by atoms with Gasteiger partial charge in [-0.2, -0.15) is 4.31 Å². The SMILES string of the molecule is CCn1c(SCC(=O)c2ccc3c(c2)OCO3)nnc1-c1cccc(S(=O)(=O)N2CCCC2)c1. The van der Waals surface area contributed by atoms with Gasteiger partial charge in [-0.05, 0) is 50.1 Å². The number of rotatable bonds is 8. The van der Waals surface area contributed by atoms with Gasteiger partial charge in [-0.25, -0.2) is 8.42 Å². The van der Waals surface area contributed by atoms with Crippen molar-refractivity contribution < 1.29 is 22.7 Å². The summed E-state index contributed by atoms with van der Waals surface area (Å²) in [7, 11) is -3.53. The molecule has 0 unspecified atom stereocenters. The van der Waals surface area contributed by atoms with Gasteiger partial charge in [-0.1, -0.05) is 23.9 Å². The van der Waals surface area contributed by atoms with E-state index < -0.39 is 10.0 Å². The van der Waals surface area contributed by atoms with Gasteiger partial charge in [0, 0.05) is 30.8 Å². The van der Waals surface area contributed by atoms with Crippen LogP contribution in [-0.4, -0.2) is 58.9 Å². The van der Waals surface area contributed by atoms with Gasteiger partial charge < -0.3 is 14.0 Å². The van der Waals surface area contributed by atoms with Crippen LogP contribution in [0.3, 0.4) is 0 Å². The maximum absolute atomic E-state index is 13.0. The van der Waals surface area contributed by atoms with E-state index in [1.54, 1.807) is 36.4 Å². The molecular weight excluding hydrogens is 476 g/mol. The Bertz CT molecular complexity index is 1330. The lowest BCUT2D eigenvalue weighted by molar-refractivity contribution is 0.102. The average Bonchev–Trinajstić information content (AvgIpc) is 3.62. The normalized spacial score (nSPS) is 15.7. The summed E-state index contributed by atoms with van der Waals surface area (Å²) < 4.78 is 40.0. The molecule has 34 heavy (non-hydrogen) atoms. The number of carbonyl (C=O) groups excluding carboxylic acids is 1. The maximum atomic E-state index is 13.0. The lowest BCUT2D eigenvalue weighted by Gasteiger charge is -2.16. The summed E-state index contributed by atoms with van der Waals surface area (Å²) in [6.07, 6.45) is 1.77. The van der Waals surface area contributed by atoms with Crippen LogP contribution in [0.1, 0.15) is 30.1 Å². The number of Topliss-reactive ketones (excluding diaryl/α,β-unsaturated/α-hetero) is 1. The molecule has 1 fully saturated rings. The van der Waals surface area contributed by atoms with Gasteiger partial charge in [-0.15, -0.1) is 10.2 Å². The molecule has 2 aromatic carbocycles. The molecule has 0 atom stereocenters. The molecule has 0 bridgehead atoms. The molecule has 3 aromatic rings. The standard InChI is InChI=1S/C23H24N4O5S2/c1-2-27-22(17-6-5-7-18(12-17)34(29,30)26-10-3-4-11-26)24-25-23(27)33-14-19(28)16-8-9-20-21(13-16)32-15-31-20/h5-9,12-13H,2-4,10-11,14-15H2,1H3. The molecule has 2 aliphatic heterocycles. The van der Waals surface area contributed by atoms with Gasteiger partial charge in [0.05, 0.1) is 10.6 Å². The Labute approximate surface area is 202 Å². The van der Waals surface area contributed by atoms with Crippen molar-refractivity contribution in [3.05, 3.63) is 48.0 Å². The number of benzene rings is 2. The van der Waals surface area contributed by atoms with Crippen molar-refractivity contribution in [2.75, 3.05) is 25.6 Å². The Morgan fingerprint density at radius 1 is 1.06 bits per heavy atom. The minimum absolute atomic E-state index is 0.0609. The number of fused-ring (bicyclic) bond motifs is 1. The third-order valence-corrected chi connectivity index (χ3v) is 8.72. The van der Waals surface area contributed by atoms with Crippen LogP contribution >= 0.6 is 11.8 Å². The number of sulfonamides is 1. The van der Waals surface area contributed by atoms with Crippen LogP contribution in [-0.2, 0) is 16.6 Å². The molecule has 0 N–H and O–H groups in total. The zero-order chi connectivity index (χ0) is 23.7. The number of ether oxygens (including phenoxy) is 2. The van der Waals surface area contributed by atoms with Crippen molar-refractivity contribution in [1.29, 1.82) is 0 Å². The monoisotopic (exact) mass is 500 g/mol. The van der Waals surface area contributed by atoms with E-state index in [4.69, 9.17) is 9.47 Å². The van der Waals surface area contributed by atoms with Gasteiger partial charge in [0.25, 0.3) is 0 Å². The quantitative estimate of drug-likeness (QED) is 0.342. The van der Waals surface area contributed by atoms with E-state index in [2.05, 4.69) is 10.2 Å². The number of carbonyl (C=O) groups is 1. The third-order valence-electron chi connectivity index (χ3n) is 5.86. The molecule has 0 spiro atoms. The van der Waals surface area contributed by atoms with Crippen LogP contribution in [0.4, 0.5) is 0 Å². The van der Waals surface area contributed by atoms with E-state index in [0.29, 0.717) is 53.2 Å². The molecule has 0 radical (unpaired) electrons. The first-order valence-electron chi connectivity index (χ1n) is 11.1. The summed E-state index contributed by atoms with van der Waals surface area (Å²) in [6, 6.07) is 12.0. The van der Waals surface area contributed by atoms with E-state index in [1.165, 1.54) is 16.1 Å². The second-order valence-corrected chi connectivity index (χ2v) is 10.8. The Kier molecular flexibility index (Phi) is 6.32. The van der Waals surface area contributed by atoms with Gasteiger partial charge in [0.15, 0.2) is 28.3 Å². The molecule has 0 amide bonds. The predicted molar refractivity (Wildman–Crippen MR) is 127 cm³/mol. The first-order chi connectivity index (χ1) is 16.5. The highest BCUT2D eigenvalue weighted by Crippen LogP contribution is 2.33. The van der Waals surface area contributed by atoms with Crippen molar-refractivity contribution in [3.63, 3.8) is 0 Å². The molecule has 3 heterocycles. The number of hydrogen-bond donors (Lipinski definition) is 0. The molecule has 1 aromatic heterocycles. The minimum atomic E-state index is -3.53. The van der Waals surface area contributed by atoms with E-state index in [9.17, 15) is 13.2 Å². The Morgan fingerprint density at radius 3 is 2.65 bits per heavy atom. The fraction of sp³-hybridized carbons (Fsp3) is 0.348. The fourth-order valence-corrected chi connectivity index (χ4v) is 6.51. The highest BCUT2D eigenvalue weighted by Gasteiger charge is 2.28. The Hall–Kier alpha value is -2.89. The minimum Gasteiger partial charge on any atom is -0.454 e. The first-order valence-corrected chi connectivity index (χ1v) is 13.5. The number of hydrogen-bond acceptors (Lipinski definition) is 8. The molecular formula is C23H24N4O5S2. The van der Waals surface area contributed by atoms with E-state index in [-0.39, 0.29) is 23.2 Å². The predicted octanol–water partition coefficient (Wildman–Crippen LogP) is 3.45. The molecule has 0 saturated carbocycles. The molecule has 9 nitrogen and oxygen atoms in total. The summed E-state index contributed by atoms with van der Waals surface area (Å²) >= 11 is 1.29. The van der Waals surface area contributed by atoms with Gasteiger partial charge in [0.2, 0.25) is 16.8 Å². The van der Waals surface area contributed by atoms with Crippen LogP contribution in [0.5, 0.6) is 11.5 Å². The summed E-state index contributed by atoms with van der Waals surface area (Å²) in [5, 5.41) is 9.18. The molecule has 0 aliphatic carbocycles. The zero-order valence-corrected chi connectivity index (χ0v) is 20.3. The van der Waals surface area contributed by atoms with Crippen LogP contribution in [0.25, 0.3) is 11.4 Å². The Balaban J connectivity index is 1.35. The topological polar surface area (TPSA) is 104 Å².